The van der Waals surface area contributed by atoms with Crippen molar-refractivity contribution in [2.75, 3.05) is 18.4 Å². The van der Waals surface area contributed by atoms with Crippen molar-refractivity contribution in [3.63, 3.8) is 0 Å². The number of carbonyl (C=O) groups is 2. The summed E-state index contributed by atoms with van der Waals surface area (Å²) >= 11 is 1.21. The Hall–Kier alpha value is -2.39. The summed E-state index contributed by atoms with van der Waals surface area (Å²) in [5.74, 6) is -1.70. The number of halogens is 2. The molecule has 1 saturated heterocycles. The van der Waals surface area contributed by atoms with Crippen LogP contribution in [-0.2, 0) is 16.0 Å². The molecule has 1 fully saturated rings. The zero-order chi connectivity index (χ0) is 17.1. The maximum atomic E-state index is 13.7. The number of benzene rings is 1. The number of rotatable bonds is 4. The topological polar surface area (TPSA) is 83.1 Å². The first kappa shape index (κ1) is 16.5. The summed E-state index contributed by atoms with van der Waals surface area (Å²) in [4.78, 5) is 27.9. The van der Waals surface area contributed by atoms with Gasteiger partial charge in [0.2, 0.25) is 11.8 Å². The summed E-state index contributed by atoms with van der Waals surface area (Å²) < 4.78 is 26.6. The van der Waals surface area contributed by atoms with Gasteiger partial charge in [-0.15, -0.1) is 11.3 Å². The summed E-state index contributed by atoms with van der Waals surface area (Å²) in [6.07, 6.45) is 1.80. The van der Waals surface area contributed by atoms with E-state index in [1.165, 1.54) is 23.5 Å². The van der Waals surface area contributed by atoms with Crippen molar-refractivity contribution < 1.29 is 18.4 Å². The summed E-state index contributed by atoms with van der Waals surface area (Å²) in [5.41, 5.74) is 0.356. The molecule has 6 nitrogen and oxygen atoms in total. The zero-order valence-corrected chi connectivity index (χ0v) is 13.3. The number of nitrogens with one attached hydrogen (secondary N) is 3. The van der Waals surface area contributed by atoms with Gasteiger partial charge in [-0.2, -0.15) is 0 Å². The van der Waals surface area contributed by atoms with E-state index in [-0.39, 0.29) is 31.3 Å². The molecule has 0 spiro atoms. The van der Waals surface area contributed by atoms with Crippen LogP contribution >= 0.6 is 11.3 Å². The molecule has 0 aliphatic carbocycles. The van der Waals surface area contributed by atoms with Crippen LogP contribution in [0.2, 0.25) is 0 Å². The van der Waals surface area contributed by atoms with Crippen LogP contribution in [0.15, 0.2) is 24.4 Å². The highest BCUT2D eigenvalue weighted by Crippen LogP contribution is 2.22. The molecule has 1 aromatic heterocycles. The van der Waals surface area contributed by atoms with Gasteiger partial charge < -0.3 is 10.6 Å². The Labute approximate surface area is 140 Å². The van der Waals surface area contributed by atoms with Crippen LogP contribution < -0.4 is 16.0 Å². The largest absolute Gasteiger partial charge is 0.353 e. The molecular formula is C15H14F2N4O2S. The molecule has 1 aromatic carbocycles. The number of amides is 2. The lowest BCUT2D eigenvalue weighted by Gasteiger charge is -2.22. The van der Waals surface area contributed by atoms with Crippen LogP contribution in [-0.4, -0.2) is 35.9 Å². The maximum absolute atomic E-state index is 13.7. The van der Waals surface area contributed by atoms with Crippen LogP contribution in [0.1, 0.15) is 10.4 Å². The van der Waals surface area contributed by atoms with Gasteiger partial charge in [-0.05, 0) is 11.6 Å². The minimum Gasteiger partial charge on any atom is -0.353 e. The lowest BCUT2D eigenvalue weighted by molar-refractivity contribution is -0.124. The van der Waals surface area contributed by atoms with Gasteiger partial charge in [-0.1, -0.05) is 6.07 Å². The normalized spacial score (nSPS) is 17.4. The number of aromatic nitrogens is 1. The number of hydrogen-bond acceptors (Lipinski definition) is 5. The van der Waals surface area contributed by atoms with E-state index in [1.807, 2.05) is 0 Å². The van der Waals surface area contributed by atoms with E-state index >= 15 is 0 Å². The molecule has 126 valence electrons. The van der Waals surface area contributed by atoms with E-state index in [2.05, 4.69) is 20.9 Å². The molecule has 24 heavy (non-hydrogen) atoms. The fourth-order valence-electron chi connectivity index (χ4n) is 2.24. The number of carbonyl (C=O) groups excluding carboxylic acids is 2. The highest BCUT2D eigenvalue weighted by Gasteiger charge is 2.24. The summed E-state index contributed by atoms with van der Waals surface area (Å²) in [6.45, 7) is 0.300. The van der Waals surface area contributed by atoms with Crippen molar-refractivity contribution in [1.82, 2.24) is 15.6 Å². The second-order valence-electron chi connectivity index (χ2n) is 5.27. The predicted octanol–water partition coefficient (Wildman–Crippen LogP) is 1.04. The predicted molar refractivity (Wildman–Crippen MR) is 84.7 cm³/mol. The molecule has 0 radical (unpaired) electrons. The lowest BCUT2D eigenvalue weighted by Crippen LogP contribution is -2.56. The number of anilines is 1. The number of piperazine rings is 1. The standard InChI is InChI=1S/C15H14F2N4O2S/c16-9-2-1-8(11(17)4-9)3-10-5-20-15(24-10)21-14(23)12-6-19-13(22)7-18-12/h1-2,4-5,12,18H,3,6-7H2,(H,19,22)(H,20,21,23). The van der Waals surface area contributed by atoms with Gasteiger partial charge >= 0.3 is 0 Å². The molecule has 2 amide bonds. The first-order chi connectivity index (χ1) is 11.5. The van der Waals surface area contributed by atoms with Gasteiger partial charge in [-0.3, -0.25) is 14.9 Å². The van der Waals surface area contributed by atoms with E-state index in [0.29, 0.717) is 10.7 Å². The van der Waals surface area contributed by atoms with Crippen LogP contribution in [0.25, 0.3) is 0 Å². The molecule has 3 N–H and O–H groups in total. The maximum Gasteiger partial charge on any atom is 0.245 e. The van der Waals surface area contributed by atoms with Crippen molar-refractivity contribution >= 4 is 28.3 Å². The van der Waals surface area contributed by atoms with Crippen molar-refractivity contribution in [1.29, 1.82) is 0 Å². The summed E-state index contributed by atoms with van der Waals surface area (Å²) in [7, 11) is 0. The van der Waals surface area contributed by atoms with E-state index in [1.54, 1.807) is 6.20 Å². The van der Waals surface area contributed by atoms with Gasteiger partial charge in [0.15, 0.2) is 5.13 Å². The molecule has 1 unspecified atom stereocenters. The summed E-state index contributed by atoms with van der Waals surface area (Å²) in [5, 5.41) is 8.45. The Kier molecular flexibility index (Phi) is 4.81. The lowest BCUT2D eigenvalue weighted by atomic mass is 10.1. The van der Waals surface area contributed by atoms with Crippen LogP contribution in [0.4, 0.5) is 13.9 Å². The zero-order valence-electron chi connectivity index (χ0n) is 12.4. The Morgan fingerprint density at radius 1 is 1.42 bits per heavy atom. The molecular weight excluding hydrogens is 338 g/mol. The molecule has 1 aliphatic heterocycles. The van der Waals surface area contributed by atoms with Gasteiger partial charge in [-0.25, -0.2) is 13.8 Å². The Bertz CT molecular complexity index is 771. The average Bonchev–Trinajstić information content (AvgIpc) is 2.98. The third-order valence-electron chi connectivity index (χ3n) is 3.49. The minimum absolute atomic E-state index is 0.0883. The second kappa shape index (κ2) is 7.02. The molecule has 1 aliphatic rings. The van der Waals surface area contributed by atoms with E-state index in [9.17, 15) is 18.4 Å². The van der Waals surface area contributed by atoms with Crippen molar-refractivity contribution in [3.05, 3.63) is 46.5 Å². The smallest absolute Gasteiger partial charge is 0.245 e. The molecule has 0 saturated carbocycles. The van der Waals surface area contributed by atoms with Gasteiger partial charge in [0.05, 0.1) is 6.54 Å². The van der Waals surface area contributed by atoms with E-state index in [4.69, 9.17) is 0 Å². The molecule has 9 heteroatoms. The number of hydrogen-bond donors (Lipinski definition) is 3. The van der Waals surface area contributed by atoms with Gasteiger partial charge in [0, 0.05) is 30.1 Å². The first-order valence-corrected chi connectivity index (χ1v) is 8.02. The van der Waals surface area contributed by atoms with Crippen LogP contribution in [0, 0.1) is 11.6 Å². The SMILES string of the molecule is O=C1CNC(C(=O)Nc2ncc(Cc3ccc(F)cc3F)s2)CN1. The van der Waals surface area contributed by atoms with Gasteiger partial charge in [0.25, 0.3) is 0 Å². The highest BCUT2D eigenvalue weighted by atomic mass is 32.1. The van der Waals surface area contributed by atoms with E-state index in [0.717, 1.165) is 10.9 Å². The number of nitrogens with zero attached hydrogens (tertiary/aromatic N) is 1. The van der Waals surface area contributed by atoms with Crippen LogP contribution in [0.5, 0.6) is 0 Å². The Morgan fingerprint density at radius 2 is 2.25 bits per heavy atom. The fraction of sp³-hybridized carbons (Fsp3) is 0.267. The Balaban J connectivity index is 1.61. The van der Waals surface area contributed by atoms with Crippen molar-refractivity contribution in [2.24, 2.45) is 0 Å². The molecule has 0 bridgehead atoms. The third kappa shape index (κ3) is 3.92. The highest BCUT2D eigenvalue weighted by molar-refractivity contribution is 7.15. The molecule has 1 atom stereocenters. The summed E-state index contributed by atoms with van der Waals surface area (Å²) in [6, 6.07) is 2.90. The van der Waals surface area contributed by atoms with Gasteiger partial charge in [0.1, 0.15) is 17.7 Å². The fourth-order valence-corrected chi connectivity index (χ4v) is 3.08. The minimum atomic E-state index is -0.624. The average molecular weight is 352 g/mol. The number of thiazole rings is 1. The second-order valence-corrected chi connectivity index (χ2v) is 6.39. The monoisotopic (exact) mass is 352 g/mol. The Morgan fingerprint density at radius 3 is 2.96 bits per heavy atom. The molecule has 2 heterocycles. The molecule has 2 aromatic rings. The molecule has 3 rings (SSSR count). The van der Waals surface area contributed by atoms with Crippen LogP contribution in [0.3, 0.4) is 0 Å². The third-order valence-corrected chi connectivity index (χ3v) is 4.41. The van der Waals surface area contributed by atoms with Crippen molar-refractivity contribution in [2.45, 2.75) is 12.5 Å². The van der Waals surface area contributed by atoms with Crippen molar-refractivity contribution in [3.8, 4) is 0 Å². The first-order valence-electron chi connectivity index (χ1n) is 7.21. The van der Waals surface area contributed by atoms with E-state index < -0.39 is 17.7 Å². The quantitative estimate of drug-likeness (QED) is 0.768.